The van der Waals surface area contributed by atoms with Crippen molar-refractivity contribution in [1.82, 2.24) is 14.7 Å². The van der Waals surface area contributed by atoms with Crippen LogP contribution in [0.15, 0.2) is 82.0 Å². The highest BCUT2D eigenvalue weighted by atomic mass is 35.5. The summed E-state index contributed by atoms with van der Waals surface area (Å²) in [7, 11) is 2.07. The monoisotopic (exact) mass is 536 g/mol. The minimum atomic E-state index is -0.504. The number of aliphatic imine (C=N–C) groups is 1. The van der Waals surface area contributed by atoms with Gasteiger partial charge in [-0.3, -0.25) is 4.79 Å². The Kier molecular flexibility index (Phi) is 7.69. The topological polar surface area (TPSA) is 65.5 Å². The van der Waals surface area contributed by atoms with Gasteiger partial charge in [-0.2, -0.15) is 0 Å². The van der Waals surface area contributed by atoms with Crippen molar-refractivity contribution in [3.05, 3.63) is 93.1 Å². The molecule has 0 N–H and O–H groups in total. The van der Waals surface area contributed by atoms with E-state index in [1.54, 1.807) is 6.07 Å². The highest BCUT2D eigenvalue weighted by Gasteiger charge is 2.41. The van der Waals surface area contributed by atoms with E-state index in [4.69, 9.17) is 21.3 Å². The first kappa shape index (κ1) is 25.6. The van der Waals surface area contributed by atoms with Gasteiger partial charge in [-0.15, -0.1) is 0 Å². The van der Waals surface area contributed by atoms with Crippen LogP contribution in [0.25, 0.3) is 0 Å². The summed E-state index contributed by atoms with van der Waals surface area (Å²) in [6.07, 6.45) is 0.234. The first-order valence-electron chi connectivity index (χ1n) is 12.3. The smallest absolute Gasteiger partial charge is 0.338 e. The summed E-state index contributed by atoms with van der Waals surface area (Å²) < 4.78 is 5.76. The fourth-order valence-electron chi connectivity index (χ4n) is 4.75. The standard InChI is InChI=1S/C28H29ClN4O3S/c1-19-25(27(35)36-17-20-7-4-3-5-8-20)26(21-9-6-10-22(29)15-21)33-23(18-37-28(33)30-19)16-24(34)32-13-11-31(2)12-14-32/h3-10,15,18,26H,11-14,16-17H2,1-2H3/t26-/m0/s1. The molecule has 5 rings (SSSR count). The highest BCUT2D eigenvalue weighted by molar-refractivity contribution is 8.16. The van der Waals surface area contributed by atoms with E-state index in [2.05, 4.69) is 11.9 Å². The number of piperazine rings is 1. The van der Waals surface area contributed by atoms with Crippen LogP contribution in [-0.4, -0.2) is 65.0 Å². The molecule has 37 heavy (non-hydrogen) atoms. The van der Waals surface area contributed by atoms with E-state index in [-0.39, 0.29) is 18.9 Å². The number of ether oxygens (including phenoxy) is 1. The van der Waals surface area contributed by atoms with Crippen LogP contribution in [0.5, 0.6) is 0 Å². The van der Waals surface area contributed by atoms with E-state index in [0.717, 1.165) is 35.1 Å². The average molecular weight is 537 g/mol. The number of amidine groups is 1. The predicted molar refractivity (Wildman–Crippen MR) is 147 cm³/mol. The van der Waals surface area contributed by atoms with Gasteiger partial charge in [0.05, 0.1) is 23.7 Å². The molecule has 3 heterocycles. The molecule has 3 aliphatic rings. The summed E-state index contributed by atoms with van der Waals surface area (Å²) in [6.45, 7) is 5.14. The van der Waals surface area contributed by atoms with E-state index >= 15 is 0 Å². The summed E-state index contributed by atoms with van der Waals surface area (Å²) >= 11 is 7.85. The SMILES string of the molecule is CC1=C(C(=O)OCc2ccccc2)[C@H](c2cccc(Cl)c2)N2C(CC(=O)N3CCN(C)CC3)=CSC2=N1. The van der Waals surface area contributed by atoms with Crippen molar-refractivity contribution >= 4 is 40.4 Å². The van der Waals surface area contributed by atoms with E-state index in [0.29, 0.717) is 29.4 Å². The molecule has 0 saturated carbocycles. The molecule has 1 atom stereocenters. The second kappa shape index (κ2) is 11.1. The normalized spacial score (nSPS) is 19.9. The molecule has 7 nitrogen and oxygen atoms in total. The zero-order chi connectivity index (χ0) is 25.9. The lowest BCUT2D eigenvalue weighted by Crippen LogP contribution is -2.47. The number of nitrogens with zero attached hydrogens (tertiary/aromatic N) is 4. The molecule has 1 saturated heterocycles. The number of hydrogen-bond donors (Lipinski definition) is 0. The van der Waals surface area contributed by atoms with Crippen LogP contribution in [0, 0.1) is 0 Å². The number of hydrogen-bond acceptors (Lipinski definition) is 7. The zero-order valence-corrected chi connectivity index (χ0v) is 22.5. The van der Waals surface area contributed by atoms with Crippen LogP contribution in [0.3, 0.4) is 0 Å². The first-order chi connectivity index (χ1) is 17.9. The number of allylic oxidation sites excluding steroid dienone is 1. The molecule has 0 aromatic heterocycles. The molecule has 1 amide bonds. The Hall–Kier alpha value is -3.07. The molecule has 3 aliphatic heterocycles. The van der Waals surface area contributed by atoms with Gasteiger partial charge in [0, 0.05) is 36.9 Å². The maximum Gasteiger partial charge on any atom is 0.338 e. The third-order valence-corrected chi connectivity index (χ3v) is 7.91. The Morgan fingerprint density at radius 1 is 1.08 bits per heavy atom. The van der Waals surface area contributed by atoms with E-state index in [1.807, 2.05) is 70.7 Å². The van der Waals surface area contributed by atoms with Crippen LogP contribution in [0.1, 0.15) is 30.5 Å². The van der Waals surface area contributed by atoms with Crippen molar-refractivity contribution in [2.45, 2.75) is 26.0 Å². The third kappa shape index (κ3) is 5.61. The highest BCUT2D eigenvalue weighted by Crippen LogP contribution is 2.45. The number of amides is 1. The van der Waals surface area contributed by atoms with Gasteiger partial charge in [-0.25, -0.2) is 9.79 Å². The van der Waals surface area contributed by atoms with Crippen LogP contribution >= 0.6 is 23.4 Å². The Morgan fingerprint density at radius 2 is 1.84 bits per heavy atom. The van der Waals surface area contributed by atoms with Crippen molar-refractivity contribution in [2.75, 3.05) is 33.2 Å². The van der Waals surface area contributed by atoms with Crippen LogP contribution < -0.4 is 0 Å². The summed E-state index contributed by atoms with van der Waals surface area (Å²) in [5.74, 6) is -0.360. The van der Waals surface area contributed by atoms with Crippen molar-refractivity contribution in [3.63, 3.8) is 0 Å². The third-order valence-electron chi connectivity index (χ3n) is 6.79. The molecule has 0 spiro atoms. The zero-order valence-electron chi connectivity index (χ0n) is 20.9. The minimum absolute atomic E-state index is 0.0746. The number of esters is 1. The van der Waals surface area contributed by atoms with Gasteiger partial charge in [0.1, 0.15) is 6.61 Å². The van der Waals surface area contributed by atoms with Gasteiger partial charge in [-0.1, -0.05) is 65.8 Å². The molecule has 0 unspecified atom stereocenters. The van der Waals surface area contributed by atoms with Gasteiger partial charge in [0.15, 0.2) is 5.17 Å². The summed E-state index contributed by atoms with van der Waals surface area (Å²) in [5.41, 5.74) is 3.61. The van der Waals surface area contributed by atoms with Crippen LogP contribution in [0.4, 0.5) is 0 Å². The summed E-state index contributed by atoms with van der Waals surface area (Å²) in [4.78, 5) is 37.6. The van der Waals surface area contributed by atoms with Gasteiger partial charge in [0.2, 0.25) is 5.91 Å². The van der Waals surface area contributed by atoms with Crippen molar-refractivity contribution in [1.29, 1.82) is 0 Å². The molecule has 0 aliphatic carbocycles. The molecule has 2 aromatic carbocycles. The quantitative estimate of drug-likeness (QED) is 0.493. The Morgan fingerprint density at radius 3 is 2.57 bits per heavy atom. The molecule has 192 valence electrons. The number of halogens is 1. The Bertz CT molecular complexity index is 1290. The molecule has 2 aromatic rings. The maximum absolute atomic E-state index is 13.5. The first-order valence-corrected chi connectivity index (χ1v) is 13.5. The van der Waals surface area contributed by atoms with Crippen molar-refractivity contribution in [3.8, 4) is 0 Å². The van der Waals surface area contributed by atoms with Gasteiger partial charge >= 0.3 is 5.97 Å². The number of thioether (sulfide) groups is 1. The van der Waals surface area contributed by atoms with E-state index < -0.39 is 12.0 Å². The minimum Gasteiger partial charge on any atom is -0.457 e. The number of rotatable bonds is 6. The van der Waals surface area contributed by atoms with Crippen LogP contribution in [-0.2, 0) is 20.9 Å². The maximum atomic E-state index is 13.5. The molecule has 1 fully saturated rings. The predicted octanol–water partition coefficient (Wildman–Crippen LogP) is 4.82. The van der Waals surface area contributed by atoms with Crippen molar-refractivity contribution < 1.29 is 14.3 Å². The molecule has 9 heteroatoms. The summed E-state index contributed by atoms with van der Waals surface area (Å²) in [5, 5.41) is 3.28. The molecule has 0 bridgehead atoms. The van der Waals surface area contributed by atoms with Gasteiger partial charge in [0.25, 0.3) is 0 Å². The fourth-order valence-corrected chi connectivity index (χ4v) is 5.91. The molecule has 0 radical (unpaired) electrons. The Balaban J connectivity index is 1.44. The second-order valence-corrected chi connectivity index (χ2v) is 10.6. The fraction of sp³-hybridized carbons (Fsp3) is 0.321. The van der Waals surface area contributed by atoms with E-state index in [1.165, 1.54) is 11.8 Å². The molecular formula is C28H29ClN4O3S. The number of likely N-dealkylation sites (N-methyl/N-ethyl adjacent to an activating group) is 1. The molecular weight excluding hydrogens is 508 g/mol. The van der Waals surface area contributed by atoms with Crippen molar-refractivity contribution in [2.24, 2.45) is 4.99 Å². The lowest BCUT2D eigenvalue weighted by molar-refractivity contribution is -0.141. The van der Waals surface area contributed by atoms with Gasteiger partial charge < -0.3 is 19.4 Å². The van der Waals surface area contributed by atoms with Gasteiger partial charge in [-0.05, 0) is 42.6 Å². The number of carbonyl (C=O) groups excluding carboxylic acids is 2. The lowest BCUT2D eigenvalue weighted by Gasteiger charge is -2.37. The largest absolute Gasteiger partial charge is 0.457 e. The number of fused-ring (bicyclic) bond motifs is 1. The number of benzene rings is 2. The summed E-state index contributed by atoms with van der Waals surface area (Å²) in [6, 6.07) is 16.6. The van der Waals surface area contributed by atoms with Crippen LogP contribution in [0.2, 0.25) is 5.02 Å². The van der Waals surface area contributed by atoms with E-state index in [9.17, 15) is 9.59 Å². The lowest BCUT2D eigenvalue weighted by atomic mass is 9.94. The Labute approximate surface area is 226 Å². The second-order valence-electron chi connectivity index (χ2n) is 9.37. The average Bonchev–Trinajstić information content (AvgIpc) is 3.29. The number of carbonyl (C=O) groups is 2.